The molecule has 0 spiro atoms. The topological polar surface area (TPSA) is 292 Å². The van der Waals surface area contributed by atoms with Crippen LogP contribution in [0.15, 0.2) is 83.0 Å². The number of non-ortho nitro benzene ring substituents is 2. The summed E-state index contributed by atoms with van der Waals surface area (Å²) in [5.41, 5.74) is 3.30. The van der Waals surface area contributed by atoms with Crippen molar-refractivity contribution in [1.82, 2.24) is 10.9 Å². The van der Waals surface area contributed by atoms with Crippen LogP contribution in [-0.2, 0) is 9.59 Å². The number of hydrogen-bond acceptors (Lipinski definition) is 17. The summed E-state index contributed by atoms with van der Waals surface area (Å²) in [5, 5.41) is 52.5. The molecule has 23 heteroatoms. The molecule has 2 N–H and O–H groups in total. The average Bonchev–Trinajstić information content (AvgIpc) is 3.15. The van der Waals surface area contributed by atoms with Gasteiger partial charge in [-0.2, -0.15) is 10.2 Å². The van der Waals surface area contributed by atoms with E-state index in [4.69, 9.17) is 18.9 Å². The van der Waals surface area contributed by atoms with Gasteiger partial charge < -0.3 is 18.9 Å². The quantitative estimate of drug-likeness (QED) is 0.0740. The number of nitro groups is 4. The molecule has 0 saturated heterocycles. The Morgan fingerprint density at radius 2 is 0.964 bits per heavy atom. The number of hydrazone groups is 2. The lowest BCUT2D eigenvalue weighted by atomic mass is 10.2. The van der Waals surface area contributed by atoms with E-state index in [1.54, 1.807) is 0 Å². The summed E-state index contributed by atoms with van der Waals surface area (Å²) in [5.74, 6) is -1.40. The van der Waals surface area contributed by atoms with Crippen LogP contribution in [-0.4, -0.2) is 69.7 Å². The first-order valence-corrected chi connectivity index (χ1v) is 16.2. The third-order valence-corrected chi connectivity index (χ3v) is 7.72. The fourth-order valence-corrected chi connectivity index (χ4v) is 4.89. The van der Waals surface area contributed by atoms with Crippen LogP contribution in [0, 0.1) is 40.5 Å². The Morgan fingerprint density at radius 1 is 0.582 bits per heavy atom. The largest absolute Gasteiger partial charge is 0.493 e. The van der Waals surface area contributed by atoms with E-state index in [-0.39, 0.29) is 46.0 Å². The van der Waals surface area contributed by atoms with Crippen LogP contribution in [0.3, 0.4) is 0 Å². The second kappa shape index (κ2) is 18.7. The second-order valence-corrected chi connectivity index (χ2v) is 11.4. The molecular formula is C32H26N8O14S. The number of amides is 2. The summed E-state index contributed by atoms with van der Waals surface area (Å²) < 4.78 is 21.8. The predicted molar refractivity (Wildman–Crippen MR) is 194 cm³/mol. The molecule has 0 aliphatic heterocycles. The first-order chi connectivity index (χ1) is 26.3. The molecule has 0 bridgehead atoms. The van der Waals surface area contributed by atoms with Crippen molar-refractivity contribution in [3.63, 3.8) is 0 Å². The molecule has 0 saturated carbocycles. The number of benzene rings is 4. The third kappa shape index (κ3) is 11.1. The van der Waals surface area contributed by atoms with Gasteiger partial charge in [-0.1, -0.05) is 0 Å². The lowest BCUT2D eigenvalue weighted by Crippen LogP contribution is -2.23. The molecule has 22 nitrogen and oxygen atoms in total. The minimum atomic E-state index is -0.815. The Morgan fingerprint density at radius 3 is 1.31 bits per heavy atom. The summed E-state index contributed by atoms with van der Waals surface area (Å²) in [4.78, 5) is 66.1. The summed E-state index contributed by atoms with van der Waals surface area (Å²) >= 11 is 0.975. The molecule has 55 heavy (non-hydrogen) atoms. The van der Waals surface area contributed by atoms with E-state index in [1.165, 1.54) is 63.0 Å². The molecule has 4 rings (SSSR count). The number of methoxy groups -OCH3 is 2. The highest BCUT2D eigenvalue weighted by atomic mass is 32.2. The molecule has 0 heterocycles. The van der Waals surface area contributed by atoms with Crippen molar-refractivity contribution in [2.45, 2.75) is 0 Å². The molecule has 284 valence electrons. The van der Waals surface area contributed by atoms with Crippen LogP contribution in [0.25, 0.3) is 0 Å². The second-order valence-electron chi connectivity index (χ2n) is 10.4. The molecule has 0 radical (unpaired) electrons. The highest BCUT2D eigenvalue weighted by Crippen LogP contribution is 2.39. The number of nitro benzene ring substituents is 4. The fraction of sp³-hybridized carbons (Fsp3) is 0.125. The molecule has 2 amide bonds. The predicted octanol–water partition coefficient (Wildman–Crippen LogP) is 5.25. The van der Waals surface area contributed by atoms with Crippen molar-refractivity contribution in [2.75, 3.05) is 25.7 Å². The van der Waals surface area contributed by atoms with Gasteiger partial charge in [0.2, 0.25) is 23.3 Å². The summed E-state index contributed by atoms with van der Waals surface area (Å²) in [6.07, 6.45) is 2.58. The Hall–Kier alpha value is -7.69. The number of hydrogen-bond donors (Lipinski definition) is 2. The van der Waals surface area contributed by atoms with Crippen LogP contribution in [0.2, 0.25) is 0 Å². The Balaban J connectivity index is 1.24. The van der Waals surface area contributed by atoms with Crippen LogP contribution < -0.4 is 29.8 Å². The molecule has 0 fully saturated rings. The van der Waals surface area contributed by atoms with Crippen molar-refractivity contribution in [1.29, 1.82) is 0 Å². The molecule has 0 aromatic heterocycles. The number of nitrogens with zero attached hydrogens (tertiary/aromatic N) is 6. The van der Waals surface area contributed by atoms with E-state index in [1.807, 2.05) is 0 Å². The van der Waals surface area contributed by atoms with Crippen molar-refractivity contribution in [3.05, 3.63) is 124 Å². The van der Waals surface area contributed by atoms with Gasteiger partial charge in [0.1, 0.15) is 0 Å². The summed E-state index contributed by atoms with van der Waals surface area (Å²) in [6, 6.07) is 14.7. The van der Waals surface area contributed by atoms with Gasteiger partial charge in [-0.3, -0.25) is 50.0 Å². The number of rotatable bonds is 18. The molecule has 4 aromatic carbocycles. The maximum absolute atomic E-state index is 12.2. The lowest BCUT2D eigenvalue weighted by Gasteiger charge is -2.11. The van der Waals surface area contributed by atoms with Gasteiger partial charge in [-0.15, -0.1) is 11.8 Å². The minimum Gasteiger partial charge on any atom is -0.493 e. The Bertz CT molecular complexity index is 2060. The zero-order valence-corrected chi connectivity index (χ0v) is 29.1. The van der Waals surface area contributed by atoms with Crippen molar-refractivity contribution in [3.8, 4) is 34.5 Å². The molecule has 0 aliphatic rings. The van der Waals surface area contributed by atoms with Crippen molar-refractivity contribution in [2.24, 2.45) is 10.2 Å². The number of nitrogens with one attached hydrogen (secondary N) is 2. The van der Waals surface area contributed by atoms with Crippen LogP contribution >= 0.6 is 11.8 Å². The van der Waals surface area contributed by atoms with E-state index in [2.05, 4.69) is 21.1 Å². The van der Waals surface area contributed by atoms with Crippen LogP contribution in [0.4, 0.5) is 22.7 Å². The van der Waals surface area contributed by atoms with Gasteiger partial charge in [-0.05, 0) is 59.7 Å². The molecule has 0 unspecified atom stereocenters. The fourth-order valence-electron chi connectivity index (χ4n) is 4.29. The van der Waals surface area contributed by atoms with Crippen molar-refractivity contribution < 1.29 is 48.2 Å². The van der Waals surface area contributed by atoms with Gasteiger partial charge in [-0.25, -0.2) is 10.9 Å². The normalized spacial score (nSPS) is 10.8. The summed E-state index contributed by atoms with van der Waals surface area (Å²) in [7, 11) is 2.65. The number of carbonyl (C=O) groups excluding carboxylic acids is 2. The molecular weight excluding hydrogens is 752 g/mol. The number of ether oxygens (including phenoxy) is 4. The number of thioether (sulfide) groups is 1. The van der Waals surface area contributed by atoms with E-state index >= 15 is 0 Å². The third-order valence-electron chi connectivity index (χ3n) is 6.79. The maximum atomic E-state index is 12.2. The van der Waals surface area contributed by atoms with Gasteiger partial charge in [0.05, 0.1) is 70.0 Å². The molecule has 4 aromatic rings. The van der Waals surface area contributed by atoms with Gasteiger partial charge in [0.15, 0.2) is 23.0 Å². The molecule has 0 aliphatic carbocycles. The SMILES string of the molecule is COc1cc(/C=N\NC(=O)CSCC(=O)N/N=C\c2ccc(Oc3ccc([N+](=O)[O-])cc3[N+](=O)[O-])c(OC)c2)ccc1Oc1ccc([N+](=O)[O-])cc1[N+](=O)[O-]. The summed E-state index contributed by atoms with van der Waals surface area (Å²) in [6.45, 7) is 0. The zero-order chi connectivity index (χ0) is 40.1. The van der Waals surface area contributed by atoms with Crippen molar-refractivity contribution >= 4 is 58.8 Å². The molecule has 0 atom stereocenters. The standard InChI is InChI=1S/C32H26N8O14S/c1-51-29-11-19(3-7-27(29)53-25-9-5-21(37(43)44)13-23(25)39(47)48)15-33-35-31(41)17-55-18-32(42)36-34-16-20-4-8-28(30(12-20)52-2)54-26-10-6-22(38(45)46)14-24(26)40(49)50/h3-16H,17-18H2,1-2H3,(H,35,41)(H,36,42)/b33-15-,34-16-. The smallest absolute Gasteiger partial charge is 0.318 e. The van der Waals surface area contributed by atoms with Gasteiger partial charge >= 0.3 is 11.4 Å². The Kier molecular flexibility index (Phi) is 13.6. The highest BCUT2D eigenvalue weighted by Gasteiger charge is 2.24. The maximum Gasteiger partial charge on any atom is 0.318 e. The first-order valence-electron chi connectivity index (χ1n) is 15.1. The van der Waals surface area contributed by atoms with Gasteiger partial charge in [0, 0.05) is 12.1 Å². The highest BCUT2D eigenvalue weighted by molar-refractivity contribution is 8.00. The van der Waals surface area contributed by atoms with E-state index in [0.717, 1.165) is 48.2 Å². The monoisotopic (exact) mass is 778 g/mol. The van der Waals surface area contributed by atoms with E-state index < -0.39 is 54.3 Å². The average molecular weight is 779 g/mol. The minimum absolute atomic E-state index is 0.0683. The van der Waals surface area contributed by atoms with Crippen LogP contribution in [0.1, 0.15) is 11.1 Å². The van der Waals surface area contributed by atoms with E-state index in [0.29, 0.717) is 11.1 Å². The Labute approximate surface area is 312 Å². The lowest BCUT2D eigenvalue weighted by molar-refractivity contribution is -0.394. The first kappa shape index (κ1) is 40.1. The number of carbonyl (C=O) groups is 2. The van der Waals surface area contributed by atoms with Crippen LogP contribution in [0.5, 0.6) is 34.5 Å². The van der Waals surface area contributed by atoms with Gasteiger partial charge in [0.25, 0.3) is 11.4 Å². The van der Waals surface area contributed by atoms with E-state index in [9.17, 15) is 50.0 Å². The zero-order valence-electron chi connectivity index (χ0n) is 28.3.